The van der Waals surface area contributed by atoms with Gasteiger partial charge in [-0.25, -0.2) is 4.98 Å². The molecule has 0 saturated carbocycles. The molecule has 0 saturated heterocycles. The highest BCUT2D eigenvalue weighted by atomic mass is 32.2. The number of hydrogen-bond donors (Lipinski definition) is 0. The second-order valence-corrected chi connectivity index (χ2v) is 5.34. The molecule has 0 spiro atoms. The number of aromatic nitrogens is 1. The predicted octanol–water partition coefficient (Wildman–Crippen LogP) is 3.69. The molecule has 0 aliphatic rings. The number of benzene rings is 1. The molecular formula is C15H17NO3S. The lowest BCUT2D eigenvalue weighted by Gasteiger charge is -2.13. The number of nitrogens with zero attached hydrogens (tertiary/aromatic N) is 1. The van der Waals surface area contributed by atoms with Crippen LogP contribution in [0.1, 0.15) is 29.2 Å². The smallest absolute Gasteiger partial charge is 0.324 e. The molecule has 0 N–H and O–H groups in total. The molecule has 106 valence electrons. The van der Waals surface area contributed by atoms with Gasteiger partial charge in [-0.1, -0.05) is 30.3 Å². The van der Waals surface area contributed by atoms with Crippen LogP contribution in [-0.4, -0.2) is 17.6 Å². The summed E-state index contributed by atoms with van der Waals surface area (Å²) < 4.78 is 10.7. The average Bonchev–Trinajstić information content (AvgIpc) is 2.76. The van der Waals surface area contributed by atoms with Crippen LogP contribution < -0.4 is 0 Å². The summed E-state index contributed by atoms with van der Waals surface area (Å²) in [6.45, 7) is 5.88. The van der Waals surface area contributed by atoms with E-state index in [-0.39, 0.29) is 5.97 Å². The van der Waals surface area contributed by atoms with Crippen LogP contribution in [0.4, 0.5) is 0 Å². The molecule has 2 rings (SSSR count). The summed E-state index contributed by atoms with van der Waals surface area (Å²) in [5.74, 6) is 0.486. The number of carbonyl (C=O) groups is 1. The average molecular weight is 291 g/mol. The van der Waals surface area contributed by atoms with Gasteiger partial charge in [0.2, 0.25) is 0 Å². The Morgan fingerprint density at radius 2 is 2.05 bits per heavy atom. The number of rotatable bonds is 5. The van der Waals surface area contributed by atoms with Gasteiger partial charge in [-0.3, -0.25) is 4.79 Å². The van der Waals surface area contributed by atoms with Crippen LogP contribution in [0.3, 0.4) is 0 Å². The SMILES string of the molecule is CCOC(=O)C(Sc1nc(C)c(C)o1)c1ccccc1. The summed E-state index contributed by atoms with van der Waals surface area (Å²) in [5, 5.41) is 0.0236. The van der Waals surface area contributed by atoms with Gasteiger partial charge in [0, 0.05) is 0 Å². The van der Waals surface area contributed by atoms with Crippen molar-refractivity contribution in [1.82, 2.24) is 4.98 Å². The zero-order valence-corrected chi connectivity index (χ0v) is 12.6. The van der Waals surface area contributed by atoms with E-state index in [2.05, 4.69) is 4.98 Å². The maximum atomic E-state index is 12.1. The van der Waals surface area contributed by atoms with Gasteiger partial charge in [0.05, 0.1) is 12.3 Å². The van der Waals surface area contributed by atoms with Crippen molar-refractivity contribution in [2.75, 3.05) is 6.61 Å². The summed E-state index contributed by atoms with van der Waals surface area (Å²) in [5.41, 5.74) is 1.72. The Morgan fingerprint density at radius 3 is 2.60 bits per heavy atom. The van der Waals surface area contributed by atoms with E-state index < -0.39 is 5.25 Å². The highest BCUT2D eigenvalue weighted by molar-refractivity contribution is 8.00. The standard InChI is InChI=1S/C15H17NO3S/c1-4-18-14(17)13(12-8-6-5-7-9-12)20-15-16-10(2)11(3)19-15/h5-9,13H,4H2,1-3H3. The maximum absolute atomic E-state index is 12.1. The van der Waals surface area contributed by atoms with E-state index in [1.54, 1.807) is 6.92 Å². The first-order valence-corrected chi connectivity index (χ1v) is 7.32. The van der Waals surface area contributed by atoms with Crippen LogP contribution >= 0.6 is 11.8 Å². The molecule has 5 heteroatoms. The van der Waals surface area contributed by atoms with Gasteiger partial charge in [0.1, 0.15) is 11.0 Å². The maximum Gasteiger partial charge on any atom is 0.324 e. The zero-order valence-electron chi connectivity index (χ0n) is 11.8. The molecular weight excluding hydrogens is 274 g/mol. The third kappa shape index (κ3) is 3.42. The van der Waals surface area contributed by atoms with Crippen molar-refractivity contribution in [3.63, 3.8) is 0 Å². The van der Waals surface area contributed by atoms with E-state index >= 15 is 0 Å². The molecule has 2 aromatic rings. The first kappa shape index (κ1) is 14.7. The van der Waals surface area contributed by atoms with E-state index in [1.165, 1.54) is 11.8 Å². The summed E-state index contributed by atoms with van der Waals surface area (Å²) in [4.78, 5) is 16.4. The lowest BCUT2D eigenvalue weighted by Crippen LogP contribution is -2.13. The summed E-state index contributed by atoms with van der Waals surface area (Å²) in [7, 11) is 0. The fourth-order valence-electron chi connectivity index (χ4n) is 1.69. The monoisotopic (exact) mass is 291 g/mol. The van der Waals surface area contributed by atoms with Crippen molar-refractivity contribution in [2.24, 2.45) is 0 Å². The Balaban J connectivity index is 2.25. The van der Waals surface area contributed by atoms with E-state index in [9.17, 15) is 4.79 Å². The van der Waals surface area contributed by atoms with Crippen LogP contribution in [0.25, 0.3) is 0 Å². The van der Waals surface area contributed by atoms with Gasteiger partial charge < -0.3 is 9.15 Å². The summed E-state index contributed by atoms with van der Waals surface area (Å²) in [6.07, 6.45) is 0. The van der Waals surface area contributed by atoms with Crippen molar-refractivity contribution in [2.45, 2.75) is 31.2 Å². The number of oxazole rings is 1. The van der Waals surface area contributed by atoms with Crippen LogP contribution in [-0.2, 0) is 9.53 Å². The lowest BCUT2D eigenvalue weighted by atomic mass is 10.1. The van der Waals surface area contributed by atoms with Crippen molar-refractivity contribution in [1.29, 1.82) is 0 Å². The Kier molecular flexibility index (Phi) is 4.84. The minimum atomic E-state index is -0.464. The number of ether oxygens (including phenoxy) is 1. The van der Waals surface area contributed by atoms with Gasteiger partial charge in [-0.05, 0) is 38.1 Å². The fourth-order valence-corrected chi connectivity index (χ4v) is 2.71. The molecule has 1 aromatic carbocycles. The molecule has 1 unspecified atom stereocenters. The lowest BCUT2D eigenvalue weighted by molar-refractivity contribution is -0.142. The summed E-state index contributed by atoms with van der Waals surface area (Å²) >= 11 is 1.27. The molecule has 1 aromatic heterocycles. The molecule has 0 fully saturated rings. The Hall–Kier alpha value is -1.75. The van der Waals surface area contributed by atoms with E-state index in [1.807, 2.05) is 44.2 Å². The second-order valence-electron chi connectivity index (χ2n) is 4.28. The van der Waals surface area contributed by atoms with Gasteiger partial charge in [-0.15, -0.1) is 0 Å². The molecule has 0 aliphatic carbocycles. The molecule has 0 bridgehead atoms. The molecule has 4 nitrogen and oxygen atoms in total. The number of carbonyl (C=O) groups excluding carboxylic acids is 1. The number of thioether (sulfide) groups is 1. The number of esters is 1. The van der Waals surface area contributed by atoms with Crippen LogP contribution in [0.2, 0.25) is 0 Å². The molecule has 1 heterocycles. The van der Waals surface area contributed by atoms with Gasteiger partial charge >= 0.3 is 5.97 Å². The quantitative estimate of drug-likeness (QED) is 0.621. The molecule has 1 atom stereocenters. The zero-order chi connectivity index (χ0) is 14.5. The van der Waals surface area contributed by atoms with E-state index in [0.717, 1.165) is 17.0 Å². The van der Waals surface area contributed by atoms with E-state index in [4.69, 9.17) is 9.15 Å². The van der Waals surface area contributed by atoms with E-state index in [0.29, 0.717) is 11.8 Å². The molecule has 0 amide bonds. The highest BCUT2D eigenvalue weighted by Gasteiger charge is 2.25. The summed E-state index contributed by atoms with van der Waals surface area (Å²) in [6, 6.07) is 9.51. The number of hydrogen-bond acceptors (Lipinski definition) is 5. The van der Waals surface area contributed by atoms with Gasteiger partial charge in [0.15, 0.2) is 0 Å². The minimum absolute atomic E-state index is 0.280. The highest BCUT2D eigenvalue weighted by Crippen LogP contribution is 2.36. The normalized spacial score (nSPS) is 12.2. The van der Waals surface area contributed by atoms with Crippen LogP contribution in [0.5, 0.6) is 0 Å². The van der Waals surface area contributed by atoms with Crippen molar-refractivity contribution in [3.8, 4) is 0 Å². The van der Waals surface area contributed by atoms with Gasteiger partial charge in [0.25, 0.3) is 5.22 Å². The first-order chi connectivity index (χ1) is 9.61. The third-order valence-corrected chi connectivity index (χ3v) is 3.91. The third-order valence-electron chi connectivity index (χ3n) is 2.83. The molecule has 20 heavy (non-hydrogen) atoms. The topological polar surface area (TPSA) is 52.3 Å². The molecule has 0 aliphatic heterocycles. The van der Waals surface area contributed by atoms with Crippen molar-refractivity contribution >= 4 is 17.7 Å². The minimum Gasteiger partial charge on any atom is -0.465 e. The van der Waals surface area contributed by atoms with Crippen molar-refractivity contribution in [3.05, 3.63) is 47.3 Å². The van der Waals surface area contributed by atoms with Crippen molar-refractivity contribution < 1.29 is 13.9 Å². The van der Waals surface area contributed by atoms with Crippen LogP contribution in [0, 0.1) is 13.8 Å². The Morgan fingerprint density at radius 1 is 1.35 bits per heavy atom. The first-order valence-electron chi connectivity index (χ1n) is 6.44. The van der Waals surface area contributed by atoms with Gasteiger partial charge in [-0.2, -0.15) is 0 Å². The number of aryl methyl sites for hydroxylation is 2. The Bertz CT molecular complexity index is 561. The predicted molar refractivity (Wildman–Crippen MR) is 77.7 cm³/mol. The largest absolute Gasteiger partial charge is 0.465 e. The van der Waals surface area contributed by atoms with Crippen LogP contribution in [0.15, 0.2) is 40.0 Å². The second kappa shape index (κ2) is 6.61. The Labute approximate surface area is 122 Å². The fraction of sp³-hybridized carbons (Fsp3) is 0.333. The molecule has 0 radical (unpaired) electrons.